The molecule has 0 saturated heterocycles. The van der Waals surface area contributed by atoms with Crippen LogP contribution in [-0.4, -0.2) is 16.4 Å². The fourth-order valence-electron chi connectivity index (χ4n) is 0.961. The summed E-state index contributed by atoms with van der Waals surface area (Å²) in [5.74, 6) is -0.921. The van der Waals surface area contributed by atoms with Crippen LogP contribution >= 0.6 is 12.2 Å². The van der Waals surface area contributed by atoms with Crippen molar-refractivity contribution in [2.45, 2.75) is 6.42 Å². The van der Waals surface area contributed by atoms with Gasteiger partial charge in [-0.15, -0.1) is 0 Å². The van der Waals surface area contributed by atoms with Crippen molar-refractivity contribution in [3.63, 3.8) is 0 Å². The molecule has 0 spiro atoms. The summed E-state index contributed by atoms with van der Waals surface area (Å²) in [6.07, 6.45) is 0.401. The molecule has 0 aliphatic heterocycles. The van der Waals surface area contributed by atoms with Gasteiger partial charge in [0, 0.05) is 11.8 Å². The van der Waals surface area contributed by atoms with Gasteiger partial charge in [-0.2, -0.15) is 0 Å². The first kappa shape index (κ1) is 8.87. The molecule has 0 atom stereocenters. The van der Waals surface area contributed by atoms with Crippen LogP contribution in [0.25, 0.3) is 0 Å². The first-order valence-corrected chi connectivity index (χ1v) is 3.82. The fourth-order valence-corrected chi connectivity index (χ4v) is 1.12. The topological polar surface area (TPSA) is 37.3 Å². The molecule has 12 heavy (non-hydrogen) atoms. The Balaban J connectivity index is 3.07. The molecule has 1 aromatic rings. The number of carbonyl (C=O) groups is 1. The molecule has 0 unspecified atom stereocenters. The van der Waals surface area contributed by atoms with Crippen molar-refractivity contribution >= 4 is 23.6 Å². The van der Waals surface area contributed by atoms with Gasteiger partial charge in [-0.3, -0.25) is 0 Å². The highest BCUT2D eigenvalue weighted by Gasteiger charge is 2.06. The van der Waals surface area contributed by atoms with Crippen LogP contribution in [0.15, 0.2) is 24.3 Å². The maximum Gasteiger partial charge on any atom is 0.335 e. The highest BCUT2D eigenvalue weighted by atomic mass is 32.1. The maximum absolute atomic E-state index is 10.6. The molecule has 1 rings (SSSR count). The van der Waals surface area contributed by atoms with Crippen molar-refractivity contribution in [2.24, 2.45) is 0 Å². The van der Waals surface area contributed by atoms with Crippen LogP contribution in [0.5, 0.6) is 0 Å². The van der Waals surface area contributed by atoms with E-state index in [1.807, 2.05) is 0 Å². The minimum absolute atomic E-state index is 0.301. The van der Waals surface area contributed by atoms with Crippen LogP contribution in [0.4, 0.5) is 0 Å². The summed E-state index contributed by atoms with van der Waals surface area (Å²) in [4.78, 5) is 10.6. The van der Waals surface area contributed by atoms with Crippen molar-refractivity contribution < 1.29 is 9.90 Å². The van der Waals surface area contributed by atoms with Gasteiger partial charge in [0.1, 0.15) is 0 Å². The zero-order valence-corrected chi connectivity index (χ0v) is 7.10. The molecular formula is C9H7O2S. The predicted molar refractivity (Wildman–Crippen MR) is 49.7 cm³/mol. The summed E-state index contributed by atoms with van der Waals surface area (Å²) in [6.45, 7) is 0. The van der Waals surface area contributed by atoms with Crippen LogP contribution in [0.3, 0.4) is 0 Å². The highest BCUT2D eigenvalue weighted by Crippen LogP contribution is 2.08. The lowest BCUT2D eigenvalue weighted by Gasteiger charge is -2.00. The number of hydrogen-bond acceptors (Lipinski definition) is 2. The normalized spacial score (nSPS) is 9.33. The molecule has 0 aliphatic rings. The lowest BCUT2D eigenvalue weighted by atomic mass is 10.1. The average Bonchev–Trinajstić information content (AvgIpc) is 2.05. The largest absolute Gasteiger partial charge is 0.478 e. The second-order valence-electron chi connectivity index (χ2n) is 2.28. The van der Waals surface area contributed by atoms with E-state index in [9.17, 15) is 4.79 Å². The standard InChI is InChI=1S/C9H7O2S/c10-9(11)8-4-2-1-3-7(8)5-6-12/h1-4H,5H2,(H,10,11). The second-order valence-corrected chi connectivity index (χ2v) is 2.57. The van der Waals surface area contributed by atoms with Crippen molar-refractivity contribution in [3.05, 3.63) is 35.4 Å². The Labute approximate surface area is 75.8 Å². The summed E-state index contributed by atoms with van der Waals surface area (Å²) in [6, 6.07) is 6.78. The molecule has 1 N–H and O–H groups in total. The molecule has 61 valence electrons. The zero-order valence-electron chi connectivity index (χ0n) is 6.28. The van der Waals surface area contributed by atoms with Gasteiger partial charge in [0.2, 0.25) is 0 Å². The van der Waals surface area contributed by atoms with Crippen molar-refractivity contribution in [2.75, 3.05) is 0 Å². The third-order valence-electron chi connectivity index (χ3n) is 1.51. The van der Waals surface area contributed by atoms with Crippen LogP contribution in [0, 0.1) is 0 Å². The summed E-state index contributed by atoms with van der Waals surface area (Å²) >= 11 is 4.54. The molecular weight excluding hydrogens is 172 g/mol. The number of benzene rings is 1. The van der Waals surface area contributed by atoms with E-state index in [-0.39, 0.29) is 0 Å². The van der Waals surface area contributed by atoms with Crippen molar-refractivity contribution in [1.29, 1.82) is 0 Å². The quantitative estimate of drug-likeness (QED) is 0.719. The highest BCUT2D eigenvalue weighted by molar-refractivity contribution is 7.78. The fraction of sp³-hybridized carbons (Fsp3) is 0.111. The summed E-state index contributed by atoms with van der Waals surface area (Å²) < 4.78 is 0. The lowest BCUT2D eigenvalue weighted by molar-refractivity contribution is 0.0696. The number of rotatable bonds is 3. The molecule has 0 fully saturated rings. The number of carboxylic acid groups (broad SMARTS) is 1. The molecule has 1 radical (unpaired) electrons. The Hall–Kier alpha value is -1.22. The van der Waals surface area contributed by atoms with Gasteiger partial charge < -0.3 is 5.11 Å². The van der Waals surface area contributed by atoms with Gasteiger partial charge in [0.05, 0.1) is 5.56 Å². The third kappa shape index (κ3) is 1.89. The smallest absolute Gasteiger partial charge is 0.335 e. The Bertz CT molecular complexity index is 307. The van der Waals surface area contributed by atoms with E-state index in [0.717, 1.165) is 0 Å². The number of hydrogen-bond donors (Lipinski definition) is 1. The summed E-state index contributed by atoms with van der Waals surface area (Å²) in [5.41, 5.74) is 1.01. The van der Waals surface area contributed by atoms with E-state index in [0.29, 0.717) is 17.5 Å². The summed E-state index contributed by atoms with van der Waals surface area (Å²) in [5, 5.41) is 11.2. The van der Waals surface area contributed by atoms with Gasteiger partial charge in [-0.25, -0.2) is 4.79 Å². The third-order valence-corrected chi connectivity index (χ3v) is 1.65. The van der Waals surface area contributed by atoms with E-state index in [2.05, 4.69) is 17.6 Å². The molecule has 1 aromatic carbocycles. The van der Waals surface area contributed by atoms with Crippen molar-refractivity contribution in [1.82, 2.24) is 0 Å². The zero-order chi connectivity index (χ0) is 8.97. The molecule has 2 nitrogen and oxygen atoms in total. The molecule has 0 saturated carbocycles. The minimum atomic E-state index is -0.921. The molecule has 3 heteroatoms. The van der Waals surface area contributed by atoms with Gasteiger partial charge in [0.25, 0.3) is 0 Å². The average molecular weight is 179 g/mol. The van der Waals surface area contributed by atoms with Crippen LogP contribution < -0.4 is 0 Å². The second kappa shape index (κ2) is 3.97. The molecule has 0 bridgehead atoms. The Morgan fingerprint density at radius 1 is 1.50 bits per heavy atom. The SMILES string of the molecule is O=C(O)c1ccccc1C[C]=S. The molecule has 0 aromatic heterocycles. The Morgan fingerprint density at radius 2 is 2.17 bits per heavy atom. The van der Waals surface area contributed by atoms with Gasteiger partial charge in [0.15, 0.2) is 0 Å². The number of carboxylic acids is 1. The van der Waals surface area contributed by atoms with E-state index >= 15 is 0 Å². The Morgan fingerprint density at radius 3 is 2.75 bits per heavy atom. The van der Waals surface area contributed by atoms with E-state index < -0.39 is 5.97 Å². The first-order chi connectivity index (χ1) is 5.75. The van der Waals surface area contributed by atoms with Crippen molar-refractivity contribution in [3.8, 4) is 0 Å². The number of thiocarbonyl (C=S) groups is 1. The van der Waals surface area contributed by atoms with Crippen LogP contribution in [0.2, 0.25) is 0 Å². The van der Waals surface area contributed by atoms with Crippen LogP contribution in [0.1, 0.15) is 15.9 Å². The van der Waals surface area contributed by atoms with E-state index in [1.54, 1.807) is 24.3 Å². The van der Waals surface area contributed by atoms with E-state index in [4.69, 9.17) is 5.11 Å². The van der Waals surface area contributed by atoms with Crippen LogP contribution in [-0.2, 0) is 6.42 Å². The Kier molecular flexibility index (Phi) is 2.94. The molecule has 0 aliphatic carbocycles. The lowest BCUT2D eigenvalue weighted by Crippen LogP contribution is -2.01. The van der Waals surface area contributed by atoms with E-state index in [1.165, 1.54) is 0 Å². The summed E-state index contributed by atoms with van der Waals surface area (Å²) in [7, 11) is 0. The van der Waals surface area contributed by atoms with Gasteiger partial charge >= 0.3 is 5.97 Å². The first-order valence-electron chi connectivity index (χ1n) is 3.42. The molecule has 0 amide bonds. The van der Waals surface area contributed by atoms with Gasteiger partial charge in [-0.05, 0) is 11.6 Å². The monoisotopic (exact) mass is 179 g/mol. The van der Waals surface area contributed by atoms with Gasteiger partial charge in [-0.1, -0.05) is 30.4 Å². The minimum Gasteiger partial charge on any atom is -0.478 e. The molecule has 0 heterocycles. The maximum atomic E-state index is 10.6. The predicted octanol–water partition coefficient (Wildman–Crippen LogP) is 1.80. The number of aromatic carboxylic acids is 1.